The Bertz CT molecular complexity index is 874. The number of amides is 1. The number of hydrogen-bond donors (Lipinski definition) is 0. The van der Waals surface area contributed by atoms with Gasteiger partial charge in [0.25, 0.3) is 5.89 Å². The number of hydrogen-bond acceptors (Lipinski definition) is 7. The van der Waals surface area contributed by atoms with Gasteiger partial charge in [0, 0.05) is 50.5 Å². The summed E-state index contributed by atoms with van der Waals surface area (Å²) in [6.07, 6.45) is 1.86. The van der Waals surface area contributed by atoms with Crippen molar-refractivity contribution < 1.29 is 18.8 Å². The maximum absolute atomic E-state index is 12.3. The van der Waals surface area contributed by atoms with Crippen molar-refractivity contribution in [2.75, 3.05) is 38.2 Å². The molecule has 8 heteroatoms. The summed E-state index contributed by atoms with van der Waals surface area (Å²) in [6.45, 7) is 8.70. The highest BCUT2D eigenvalue weighted by molar-refractivity contribution is 5.68. The predicted octanol–water partition coefficient (Wildman–Crippen LogP) is 3.69. The fourth-order valence-corrected chi connectivity index (χ4v) is 3.95. The van der Waals surface area contributed by atoms with Gasteiger partial charge in [0.2, 0.25) is 0 Å². The molecule has 0 spiro atoms. The molecule has 2 aromatic rings. The molecule has 2 aliphatic rings. The van der Waals surface area contributed by atoms with Crippen LogP contribution in [0.3, 0.4) is 0 Å². The van der Waals surface area contributed by atoms with Gasteiger partial charge in [0.15, 0.2) is 5.82 Å². The number of nitrogens with zero attached hydrogens (tertiary/aromatic N) is 4. The second-order valence-electron chi connectivity index (χ2n) is 9.01. The minimum Gasteiger partial charge on any atom is -0.444 e. The number of carbonyl (C=O) groups excluding carboxylic acids is 1. The van der Waals surface area contributed by atoms with Gasteiger partial charge < -0.3 is 23.8 Å². The van der Waals surface area contributed by atoms with Crippen LogP contribution in [-0.2, 0) is 9.47 Å². The zero-order chi connectivity index (χ0) is 21.3. The first-order chi connectivity index (χ1) is 14.3. The highest BCUT2D eigenvalue weighted by Gasteiger charge is 2.33. The molecule has 2 saturated heterocycles. The van der Waals surface area contributed by atoms with E-state index >= 15 is 0 Å². The number of methoxy groups -OCH3 is 1. The molecule has 8 nitrogen and oxygen atoms in total. The van der Waals surface area contributed by atoms with E-state index in [1.54, 1.807) is 12.0 Å². The predicted molar refractivity (Wildman–Crippen MR) is 113 cm³/mol. The SMILES string of the molecule is COC1CCN(c2ccc(-c3nc(C4CCN(C(=O)OC(C)(C)C)C4)no3)cc2)C1. The number of rotatable bonds is 4. The number of ether oxygens (including phenoxy) is 2. The summed E-state index contributed by atoms with van der Waals surface area (Å²) in [5, 5.41) is 4.17. The van der Waals surface area contributed by atoms with Gasteiger partial charge in [-0.1, -0.05) is 5.16 Å². The monoisotopic (exact) mass is 414 g/mol. The molecule has 2 atom stereocenters. The number of carbonyl (C=O) groups is 1. The van der Waals surface area contributed by atoms with Crippen molar-refractivity contribution in [3.05, 3.63) is 30.1 Å². The van der Waals surface area contributed by atoms with Crippen molar-refractivity contribution in [1.82, 2.24) is 15.0 Å². The highest BCUT2D eigenvalue weighted by atomic mass is 16.6. The van der Waals surface area contributed by atoms with E-state index in [2.05, 4.69) is 27.2 Å². The van der Waals surface area contributed by atoms with Crippen molar-refractivity contribution in [3.63, 3.8) is 0 Å². The molecule has 0 aliphatic carbocycles. The molecular weight excluding hydrogens is 384 g/mol. The summed E-state index contributed by atoms with van der Waals surface area (Å²) in [7, 11) is 1.77. The third-order valence-corrected chi connectivity index (χ3v) is 5.60. The van der Waals surface area contributed by atoms with Crippen molar-refractivity contribution in [1.29, 1.82) is 0 Å². The maximum atomic E-state index is 12.3. The zero-order valence-corrected chi connectivity index (χ0v) is 18.1. The topological polar surface area (TPSA) is 80.9 Å². The molecule has 30 heavy (non-hydrogen) atoms. The lowest BCUT2D eigenvalue weighted by Gasteiger charge is -2.24. The molecule has 4 rings (SSSR count). The van der Waals surface area contributed by atoms with Crippen molar-refractivity contribution in [2.45, 2.75) is 51.2 Å². The van der Waals surface area contributed by atoms with Crippen LogP contribution in [0.2, 0.25) is 0 Å². The van der Waals surface area contributed by atoms with Crippen molar-refractivity contribution in [2.24, 2.45) is 0 Å². The Labute approximate surface area is 177 Å². The zero-order valence-electron chi connectivity index (χ0n) is 18.1. The molecule has 2 fully saturated rings. The minimum atomic E-state index is -0.500. The van der Waals surface area contributed by atoms with E-state index in [1.165, 1.54) is 5.69 Å². The smallest absolute Gasteiger partial charge is 0.410 e. The molecule has 1 amide bonds. The number of anilines is 1. The Morgan fingerprint density at radius 1 is 1.13 bits per heavy atom. The number of aromatic nitrogens is 2. The summed E-state index contributed by atoms with van der Waals surface area (Å²) in [5.41, 5.74) is 1.56. The van der Waals surface area contributed by atoms with Crippen LogP contribution in [0.15, 0.2) is 28.8 Å². The summed E-state index contributed by atoms with van der Waals surface area (Å²) in [6, 6.07) is 8.18. The van der Waals surface area contributed by atoms with E-state index in [-0.39, 0.29) is 12.0 Å². The first kappa shape index (κ1) is 20.7. The maximum Gasteiger partial charge on any atom is 0.410 e. The Kier molecular flexibility index (Phi) is 5.69. The molecule has 1 aromatic carbocycles. The number of benzene rings is 1. The van der Waals surface area contributed by atoms with Gasteiger partial charge >= 0.3 is 6.09 Å². The van der Waals surface area contributed by atoms with Crippen LogP contribution in [0, 0.1) is 0 Å². The van der Waals surface area contributed by atoms with Crippen LogP contribution < -0.4 is 4.90 Å². The molecule has 0 bridgehead atoms. The Morgan fingerprint density at radius 2 is 1.90 bits per heavy atom. The first-order valence-corrected chi connectivity index (χ1v) is 10.5. The van der Waals surface area contributed by atoms with Gasteiger partial charge in [-0.15, -0.1) is 0 Å². The normalized spacial score (nSPS) is 22.0. The van der Waals surface area contributed by atoms with Crippen LogP contribution in [0.25, 0.3) is 11.5 Å². The van der Waals surface area contributed by atoms with E-state index in [1.807, 2.05) is 32.9 Å². The second-order valence-corrected chi connectivity index (χ2v) is 9.01. The lowest BCUT2D eigenvalue weighted by Crippen LogP contribution is -2.35. The molecule has 162 valence electrons. The third kappa shape index (κ3) is 4.59. The van der Waals surface area contributed by atoms with Gasteiger partial charge in [-0.3, -0.25) is 0 Å². The van der Waals surface area contributed by atoms with E-state index < -0.39 is 5.60 Å². The standard InChI is InChI=1S/C22H30N4O4/c1-22(2,3)29-21(27)26-11-9-16(13-26)19-23-20(30-24-19)15-5-7-17(8-6-15)25-12-10-18(14-25)28-4/h5-8,16,18H,9-14H2,1-4H3. The van der Waals surface area contributed by atoms with Crippen LogP contribution in [0.4, 0.5) is 10.5 Å². The van der Waals surface area contributed by atoms with Gasteiger partial charge in [0.05, 0.1) is 6.10 Å². The number of likely N-dealkylation sites (tertiary alicyclic amines) is 1. The Balaban J connectivity index is 1.38. The van der Waals surface area contributed by atoms with Crippen LogP contribution in [-0.4, -0.2) is 66.1 Å². The molecule has 2 unspecified atom stereocenters. The molecule has 1 aromatic heterocycles. The van der Waals surface area contributed by atoms with Crippen LogP contribution >= 0.6 is 0 Å². The van der Waals surface area contributed by atoms with E-state index in [0.29, 0.717) is 30.9 Å². The third-order valence-electron chi connectivity index (χ3n) is 5.60. The summed E-state index contributed by atoms with van der Waals surface area (Å²) >= 11 is 0. The molecule has 2 aliphatic heterocycles. The van der Waals surface area contributed by atoms with Crippen LogP contribution in [0.1, 0.15) is 45.4 Å². The van der Waals surface area contributed by atoms with Crippen molar-refractivity contribution in [3.8, 4) is 11.5 Å². The fourth-order valence-electron chi connectivity index (χ4n) is 3.95. The molecule has 0 radical (unpaired) electrons. The molecule has 0 N–H and O–H groups in total. The van der Waals surface area contributed by atoms with Gasteiger partial charge in [0.1, 0.15) is 5.60 Å². The average Bonchev–Trinajstić information content (AvgIpc) is 3.46. The second kappa shape index (κ2) is 8.26. The fraction of sp³-hybridized carbons (Fsp3) is 0.591. The van der Waals surface area contributed by atoms with E-state index in [4.69, 9.17) is 14.0 Å². The molecular formula is C22H30N4O4. The lowest BCUT2D eigenvalue weighted by molar-refractivity contribution is 0.0292. The Hall–Kier alpha value is -2.61. The average molecular weight is 415 g/mol. The first-order valence-electron chi connectivity index (χ1n) is 10.5. The van der Waals surface area contributed by atoms with Crippen LogP contribution in [0.5, 0.6) is 0 Å². The summed E-state index contributed by atoms with van der Waals surface area (Å²) < 4.78 is 16.4. The summed E-state index contributed by atoms with van der Waals surface area (Å²) in [4.78, 5) is 20.9. The van der Waals surface area contributed by atoms with E-state index in [9.17, 15) is 4.79 Å². The quantitative estimate of drug-likeness (QED) is 0.755. The van der Waals surface area contributed by atoms with Gasteiger partial charge in [-0.05, 0) is 57.9 Å². The molecule has 3 heterocycles. The highest BCUT2D eigenvalue weighted by Crippen LogP contribution is 2.29. The Morgan fingerprint density at radius 3 is 2.57 bits per heavy atom. The molecule has 0 saturated carbocycles. The summed E-state index contributed by atoms with van der Waals surface area (Å²) in [5.74, 6) is 1.20. The van der Waals surface area contributed by atoms with E-state index in [0.717, 1.165) is 31.5 Å². The largest absolute Gasteiger partial charge is 0.444 e. The minimum absolute atomic E-state index is 0.0601. The van der Waals surface area contributed by atoms with Gasteiger partial charge in [-0.2, -0.15) is 4.98 Å². The van der Waals surface area contributed by atoms with Gasteiger partial charge in [-0.25, -0.2) is 4.79 Å². The lowest BCUT2D eigenvalue weighted by atomic mass is 10.1. The van der Waals surface area contributed by atoms with Crippen molar-refractivity contribution >= 4 is 11.8 Å².